The molecule has 0 saturated heterocycles. The lowest BCUT2D eigenvalue weighted by Gasteiger charge is -2.24. The molecule has 1 rings (SSSR count). The van der Waals surface area contributed by atoms with Crippen LogP contribution in [0.3, 0.4) is 0 Å². The standard InChI is InChI=1S/C13H22N2/c1-5-7-10(2)13(14-4)12-8-6-9-15-11(12)3/h6,8-10,13-14H,5,7H2,1-4H3. The topological polar surface area (TPSA) is 24.9 Å². The van der Waals surface area contributed by atoms with E-state index in [1.54, 1.807) is 0 Å². The number of nitrogens with one attached hydrogen (secondary N) is 1. The van der Waals surface area contributed by atoms with Gasteiger partial charge in [-0.25, -0.2) is 0 Å². The van der Waals surface area contributed by atoms with Gasteiger partial charge in [-0.1, -0.05) is 26.3 Å². The summed E-state index contributed by atoms with van der Waals surface area (Å²) in [6, 6.07) is 4.62. The molecule has 1 aromatic rings. The molecule has 84 valence electrons. The lowest BCUT2D eigenvalue weighted by molar-refractivity contribution is 0.382. The van der Waals surface area contributed by atoms with Crippen LogP contribution in [0.1, 0.15) is 44.0 Å². The molecular formula is C13H22N2. The third-order valence-corrected chi connectivity index (χ3v) is 3.01. The fourth-order valence-corrected chi connectivity index (χ4v) is 2.19. The number of hydrogen-bond donors (Lipinski definition) is 1. The van der Waals surface area contributed by atoms with E-state index in [-0.39, 0.29) is 0 Å². The third-order valence-electron chi connectivity index (χ3n) is 3.01. The Hall–Kier alpha value is -0.890. The van der Waals surface area contributed by atoms with Crippen LogP contribution in [-0.2, 0) is 0 Å². The van der Waals surface area contributed by atoms with Crippen LogP contribution in [0.15, 0.2) is 18.3 Å². The van der Waals surface area contributed by atoms with Crippen molar-refractivity contribution in [3.05, 3.63) is 29.6 Å². The van der Waals surface area contributed by atoms with E-state index in [9.17, 15) is 0 Å². The largest absolute Gasteiger partial charge is 0.313 e. The van der Waals surface area contributed by atoms with Crippen LogP contribution in [-0.4, -0.2) is 12.0 Å². The van der Waals surface area contributed by atoms with Gasteiger partial charge in [-0.3, -0.25) is 4.98 Å². The fraction of sp³-hybridized carbons (Fsp3) is 0.615. The zero-order valence-electron chi connectivity index (χ0n) is 10.2. The van der Waals surface area contributed by atoms with Gasteiger partial charge in [0.25, 0.3) is 0 Å². The van der Waals surface area contributed by atoms with E-state index >= 15 is 0 Å². The number of hydrogen-bond acceptors (Lipinski definition) is 2. The highest BCUT2D eigenvalue weighted by Gasteiger charge is 2.18. The maximum Gasteiger partial charge on any atom is 0.0420 e. The highest BCUT2D eigenvalue weighted by Crippen LogP contribution is 2.26. The van der Waals surface area contributed by atoms with E-state index in [0.717, 1.165) is 5.69 Å². The predicted molar refractivity (Wildman–Crippen MR) is 64.8 cm³/mol. The van der Waals surface area contributed by atoms with Gasteiger partial charge in [0.2, 0.25) is 0 Å². The molecule has 1 N–H and O–H groups in total. The van der Waals surface area contributed by atoms with Crippen LogP contribution in [0.5, 0.6) is 0 Å². The highest BCUT2D eigenvalue weighted by atomic mass is 14.9. The molecule has 0 saturated carbocycles. The molecule has 0 radical (unpaired) electrons. The fourth-order valence-electron chi connectivity index (χ4n) is 2.19. The lowest BCUT2D eigenvalue weighted by Crippen LogP contribution is -2.24. The summed E-state index contributed by atoms with van der Waals surface area (Å²) < 4.78 is 0. The van der Waals surface area contributed by atoms with Crippen LogP contribution in [0.2, 0.25) is 0 Å². The molecule has 2 atom stereocenters. The van der Waals surface area contributed by atoms with Gasteiger partial charge in [-0.15, -0.1) is 0 Å². The highest BCUT2D eigenvalue weighted by molar-refractivity contribution is 5.22. The smallest absolute Gasteiger partial charge is 0.0420 e. The van der Waals surface area contributed by atoms with E-state index in [4.69, 9.17) is 0 Å². The Labute approximate surface area is 93.1 Å². The Balaban J connectivity index is 2.87. The SMILES string of the molecule is CCCC(C)C(NC)c1cccnc1C. The Morgan fingerprint density at radius 2 is 2.20 bits per heavy atom. The molecule has 0 fully saturated rings. The first-order valence-corrected chi connectivity index (χ1v) is 5.79. The van der Waals surface area contributed by atoms with E-state index in [0.29, 0.717) is 12.0 Å². The van der Waals surface area contributed by atoms with Crippen LogP contribution in [0, 0.1) is 12.8 Å². The van der Waals surface area contributed by atoms with Gasteiger partial charge < -0.3 is 5.32 Å². The van der Waals surface area contributed by atoms with Crippen LogP contribution in [0.25, 0.3) is 0 Å². The third kappa shape index (κ3) is 3.03. The Morgan fingerprint density at radius 1 is 1.47 bits per heavy atom. The average molecular weight is 206 g/mol. The maximum absolute atomic E-state index is 4.35. The quantitative estimate of drug-likeness (QED) is 0.800. The second-order valence-electron chi connectivity index (χ2n) is 4.21. The minimum Gasteiger partial charge on any atom is -0.313 e. The summed E-state index contributed by atoms with van der Waals surface area (Å²) in [5.41, 5.74) is 2.47. The van der Waals surface area contributed by atoms with Gasteiger partial charge in [-0.05, 0) is 37.9 Å². The summed E-state index contributed by atoms with van der Waals surface area (Å²) in [6.07, 6.45) is 4.34. The molecular weight excluding hydrogens is 184 g/mol. The molecule has 0 spiro atoms. The maximum atomic E-state index is 4.35. The first-order valence-electron chi connectivity index (χ1n) is 5.79. The Morgan fingerprint density at radius 3 is 2.73 bits per heavy atom. The molecule has 2 unspecified atom stereocenters. The molecule has 2 nitrogen and oxygen atoms in total. The van der Waals surface area contributed by atoms with Gasteiger partial charge in [0, 0.05) is 17.9 Å². The number of aryl methyl sites for hydroxylation is 1. The van der Waals surface area contributed by atoms with Crippen molar-refractivity contribution in [2.75, 3.05) is 7.05 Å². The van der Waals surface area contributed by atoms with Crippen molar-refractivity contribution >= 4 is 0 Å². The second kappa shape index (κ2) is 5.86. The van der Waals surface area contributed by atoms with Gasteiger partial charge in [0.15, 0.2) is 0 Å². The molecule has 0 aromatic carbocycles. The molecule has 1 heterocycles. The van der Waals surface area contributed by atoms with Gasteiger partial charge >= 0.3 is 0 Å². The Bertz CT molecular complexity index is 296. The molecule has 0 bridgehead atoms. The number of aromatic nitrogens is 1. The van der Waals surface area contributed by atoms with Crippen molar-refractivity contribution in [2.45, 2.75) is 39.7 Å². The van der Waals surface area contributed by atoms with Gasteiger partial charge in [0.1, 0.15) is 0 Å². The van der Waals surface area contributed by atoms with Crippen LogP contribution >= 0.6 is 0 Å². The minimum atomic E-state index is 0.429. The number of pyridine rings is 1. The zero-order chi connectivity index (χ0) is 11.3. The first-order chi connectivity index (χ1) is 7.20. The van der Waals surface area contributed by atoms with Crippen molar-refractivity contribution in [1.29, 1.82) is 0 Å². The molecule has 2 heteroatoms. The second-order valence-corrected chi connectivity index (χ2v) is 4.21. The molecule has 0 aliphatic rings. The van der Waals surface area contributed by atoms with Crippen molar-refractivity contribution in [3.63, 3.8) is 0 Å². The molecule has 1 aromatic heterocycles. The molecule has 0 aliphatic carbocycles. The van der Waals surface area contributed by atoms with Gasteiger partial charge in [-0.2, -0.15) is 0 Å². The zero-order valence-corrected chi connectivity index (χ0v) is 10.2. The lowest BCUT2D eigenvalue weighted by atomic mass is 9.90. The van der Waals surface area contributed by atoms with E-state index in [1.165, 1.54) is 18.4 Å². The molecule has 15 heavy (non-hydrogen) atoms. The predicted octanol–water partition coefficient (Wildman–Crippen LogP) is 3.09. The number of rotatable bonds is 5. The Kier molecular flexibility index (Phi) is 4.76. The van der Waals surface area contributed by atoms with Crippen LogP contribution < -0.4 is 5.32 Å². The van der Waals surface area contributed by atoms with Gasteiger partial charge in [0.05, 0.1) is 0 Å². The van der Waals surface area contributed by atoms with Crippen LogP contribution in [0.4, 0.5) is 0 Å². The summed E-state index contributed by atoms with van der Waals surface area (Å²) in [7, 11) is 2.03. The first kappa shape index (κ1) is 12.2. The number of nitrogens with zero attached hydrogens (tertiary/aromatic N) is 1. The van der Waals surface area contributed by atoms with E-state index in [2.05, 4.69) is 37.1 Å². The van der Waals surface area contributed by atoms with E-state index < -0.39 is 0 Å². The van der Waals surface area contributed by atoms with Crippen molar-refractivity contribution in [2.24, 2.45) is 5.92 Å². The summed E-state index contributed by atoms with van der Waals surface area (Å²) in [4.78, 5) is 4.35. The summed E-state index contributed by atoms with van der Waals surface area (Å²) in [6.45, 7) is 6.62. The monoisotopic (exact) mass is 206 g/mol. The van der Waals surface area contributed by atoms with E-state index in [1.807, 2.05) is 19.3 Å². The van der Waals surface area contributed by atoms with Crippen molar-refractivity contribution in [3.8, 4) is 0 Å². The summed E-state index contributed by atoms with van der Waals surface area (Å²) in [5.74, 6) is 0.655. The summed E-state index contributed by atoms with van der Waals surface area (Å²) >= 11 is 0. The normalized spacial score (nSPS) is 14.9. The molecule has 0 aliphatic heterocycles. The minimum absolute atomic E-state index is 0.429. The van der Waals surface area contributed by atoms with Crippen molar-refractivity contribution < 1.29 is 0 Å². The summed E-state index contributed by atoms with van der Waals surface area (Å²) in [5, 5.41) is 3.40. The average Bonchev–Trinajstić information content (AvgIpc) is 2.22. The van der Waals surface area contributed by atoms with Crippen molar-refractivity contribution in [1.82, 2.24) is 10.3 Å². The molecule has 0 amide bonds.